The lowest BCUT2D eigenvalue weighted by Gasteiger charge is -2.07. The first-order valence-electron chi connectivity index (χ1n) is 4.48. The molecule has 1 aromatic carbocycles. The van der Waals surface area contributed by atoms with Gasteiger partial charge in [-0.05, 0) is 0 Å². The highest BCUT2D eigenvalue weighted by Gasteiger charge is 2.33. The normalized spacial score (nSPS) is 9.84. The molecule has 0 aliphatic heterocycles. The van der Waals surface area contributed by atoms with Crippen LogP contribution in [-0.2, 0) is 4.79 Å². The molecule has 0 unspecified atom stereocenters. The van der Waals surface area contributed by atoms with Gasteiger partial charge in [0.15, 0.2) is 17.3 Å². The number of nitro groups is 1. The molecule has 0 bridgehead atoms. The predicted octanol–water partition coefficient (Wildman–Crippen LogP) is 2.00. The maximum Gasteiger partial charge on any atom is 0.334 e. The highest BCUT2D eigenvalue weighted by molar-refractivity contribution is 5.94. The number of benzene rings is 1. The minimum atomic E-state index is -2.37. The number of nitriles is 1. The SMILES string of the molecule is N#CCC(=O)Nc1c(F)c(F)c(F)c(F)c1[N+](=O)[O-]. The van der Waals surface area contributed by atoms with Crippen LogP contribution in [0.25, 0.3) is 0 Å². The van der Waals surface area contributed by atoms with Crippen molar-refractivity contribution in [3.05, 3.63) is 33.4 Å². The van der Waals surface area contributed by atoms with Gasteiger partial charge < -0.3 is 5.32 Å². The number of hydrogen-bond donors (Lipinski definition) is 1. The maximum absolute atomic E-state index is 13.3. The Morgan fingerprint density at radius 1 is 1.21 bits per heavy atom. The monoisotopic (exact) mass is 277 g/mol. The molecule has 0 fully saturated rings. The molecule has 1 rings (SSSR count). The van der Waals surface area contributed by atoms with E-state index in [9.17, 15) is 32.5 Å². The molecule has 0 aliphatic rings. The number of nitrogens with zero attached hydrogens (tertiary/aromatic N) is 2. The summed E-state index contributed by atoms with van der Waals surface area (Å²) < 4.78 is 52.2. The fraction of sp³-hybridized carbons (Fsp3) is 0.111. The lowest BCUT2D eigenvalue weighted by Crippen LogP contribution is -2.16. The average molecular weight is 277 g/mol. The number of anilines is 1. The van der Waals surface area contributed by atoms with E-state index in [1.165, 1.54) is 11.4 Å². The summed E-state index contributed by atoms with van der Waals surface area (Å²) in [5.74, 6) is -10.3. The number of nitro benzene ring substituents is 1. The first-order chi connectivity index (χ1) is 8.81. The van der Waals surface area contributed by atoms with Gasteiger partial charge in [-0.15, -0.1) is 0 Å². The number of amides is 1. The smallest absolute Gasteiger partial charge is 0.317 e. The van der Waals surface area contributed by atoms with E-state index in [1.807, 2.05) is 0 Å². The lowest BCUT2D eigenvalue weighted by molar-refractivity contribution is -0.387. The first-order valence-corrected chi connectivity index (χ1v) is 4.48. The molecule has 0 heterocycles. The van der Waals surface area contributed by atoms with Crippen molar-refractivity contribution in [1.29, 1.82) is 5.26 Å². The molecule has 0 spiro atoms. The minimum Gasteiger partial charge on any atom is -0.317 e. The Morgan fingerprint density at radius 3 is 2.21 bits per heavy atom. The van der Waals surface area contributed by atoms with Gasteiger partial charge in [-0.25, -0.2) is 13.2 Å². The van der Waals surface area contributed by atoms with Crippen LogP contribution in [0.2, 0.25) is 0 Å². The summed E-state index contributed by atoms with van der Waals surface area (Å²) in [4.78, 5) is 20.0. The summed E-state index contributed by atoms with van der Waals surface area (Å²) in [5, 5.41) is 20.1. The molecule has 0 saturated carbocycles. The number of carbonyl (C=O) groups is 1. The number of rotatable bonds is 3. The van der Waals surface area contributed by atoms with Crippen LogP contribution in [0.1, 0.15) is 6.42 Å². The van der Waals surface area contributed by atoms with Crippen LogP contribution in [0.3, 0.4) is 0 Å². The fourth-order valence-electron chi connectivity index (χ4n) is 1.16. The van der Waals surface area contributed by atoms with Crippen molar-refractivity contribution in [2.24, 2.45) is 0 Å². The molecular weight excluding hydrogens is 274 g/mol. The van der Waals surface area contributed by atoms with E-state index in [4.69, 9.17) is 5.26 Å². The van der Waals surface area contributed by atoms with E-state index in [-0.39, 0.29) is 0 Å². The molecule has 1 amide bonds. The molecule has 0 aromatic heterocycles. The summed E-state index contributed by atoms with van der Waals surface area (Å²) in [7, 11) is 0. The molecule has 19 heavy (non-hydrogen) atoms. The van der Waals surface area contributed by atoms with Crippen LogP contribution < -0.4 is 5.32 Å². The van der Waals surface area contributed by atoms with E-state index in [0.717, 1.165) is 0 Å². The summed E-state index contributed by atoms with van der Waals surface area (Å²) in [6, 6.07) is 1.33. The minimum absolute atomic E-state index is 0.836. The van der Waals surface area contributed by atoms with Gasteiger partial charge in [-0.3, -0.25) is 14.9 Å². The summed E-state index contributed by atoms with van der Waals surface area (Å²) in [5.41, 5.74) is -3.23. The zero-order valence-electron chi connectivity index (χ0n) is 8.84. The van der Waals surface area contributed by atoms with E-state index < -0.39 is 51.9 Å². The van der Waals surface area contributed by atoms with Gasteiger partial charge in [0.25, 0.3) is 0 Å². The standard InChI is InChI=1S/C9H3F4N3O3/c10-4-5(11)7(13)9(16(18)19)8(6(4)12)15-3(17)1-2-14/h1H2,(H,15,17). The molecule has 10 heteroatoms. The average Bonchev–Trinajstić information content (AvgIpc) is 2.33. The second kappa shape index (κ2) is 5.30. The Kier molecular flexibility index (Phi) is 4.00. The molecule has 100 valence electrons. The second-order valence-electron chi connectivity index (χ2n) is 3.12. The van der Waals surface area contributed by atoms with Gasteiger partial charge in [0, 0.05) is 0 Å². The Balaban J connectivity index is 3.49. The molecule has 0 radical (unpaired) electrons. The van der Waals surface area contributed by atoms with Gasteiger partial charge in [-0.1, -0.05) is 0 Å². The topological polar surface area (TPSA) is 96.0 Å². The molecule has 0 saturated heterocycles. The maximum atomic E-state index is 13.3. The number of hydrogen-bond acceptors (Lipinski definition) is 4. The van der Waals surface area contributed by atoms with E-state index in [2.05, 4.69) is 0 Å². The van der Waals surface area contributed by atoms with Gasteiger partial charge in [-0.2, -0.15) is 9.65 Å². The van der Waals surface area contributed by atoms with Gasteiger partial charge in [0.1, 0.15) is 6.42 Å². The predicted molar refractivity (Wildman–Crippen MR) is 51.8 cm³/mol. The number of nitrogens with one attached hydrogen (secondary N) is 1. The third-order valence-corrected chi connectivity index (χ3v) is 1.93. The Hall–Kier alpha value is -2.70. The number of halogens is 4. The van der Waals surface area contributed by atoms with Crippen LogP contribution in [0.4, 0.5) is 28.9 Å². The summed E-state index contributed by atoms with van der Waals surface area (Å²) in [6.07, 6.45) is -0.836. The Labute approximate surface area is 102 Å². The number of carbonyl (C=O) groups excluding carboxylic acids is 1. The van der Waals surface area contributed by atoms with Gasteiger partial charge in [0.2, 0.25) is 17.5 Å². The summed E-state index contributed by atoms with van der Waals surface area (Å²) in [6.45, 7) is 0. The van der Waals surface area contributed by atoms with Crippen LogP contribution in [0, 0.1) is 44.7 Å². The molecule has 0 atom stereocenters. The lowest BCUT2D eigenvalue weighted by atomic mass is 10.2. The van der Waals surface area contributed by atoms with Crippen molar-refractivity contribution < 1.29 is 27.3 Å². The van der Waals surface area contributed by atoms with E-state index in [0.29, 0.717) is 0 Å². The van der Waals surface area contributed by atoms with Crippen LogP contribution >= 0.6 is 0 Å². The highest BCUT2D eigenvalue weighted by Crippen LogP contribution is 2.34. The fourth-order valence-corrected chi connectivity index (χ4v) is 1.16. The van der Waals surface area contributed by atoms with E-state index >= 15 is 0 Å². The summed E-state index contributed by atoms with van der Waals surface area (Å²) >= 11 is 0. The van der Waals surface area contributed by atoms with Gasteiger partial charge >= 0.3 is 5.69 Å². The van der Waals surface area contributed by atoms with Crippen LogP contribution in [0.5, 0.6) is 0 Å². The zero-order chi connectivity index (χ0) is 14.7. The van der Waals surface area contributed by atoms with Crippen molar-refractivity contribution in [3.8, 4) is 6.07 Å². The Morgan fingerprint density at radius 2 is 1.74 bits per heavy atom. The largest absolute Gasteiger partial charge is 0.334 e. The Bertz CT molecular complexity index is 612. The molecule has 6 nitrogen and oxygen atoms in total. The second-order valence-corrected chi connectivity index (χ2v) is 3.12. The van der Waals surface area contributed by atoms with Gasteiger partial charge in [0.05, 0.1) is 11.0 Å². The van der Waals surface area contributed by atoms with Crippen molar-refractivity contribution in [2.45, 2.75) is 6.42 Å². The highest BCUT2D eigenvalue weighted by atomic mass is 19.2. The quantitative estimate of drug-likeness (QED) is 0.300. The molecule has 1 N–H and O–H groups in total. The van der Waals surface area contributed by atoms with Crippen LogP contribution in [-0.4, -0.2) is 10.8 Å². The first kappa shape index (κ1) is 14.4. The van der Waals surface area contributed by atoms with Crippen LogP contribution in [0.15, 0.2) is 0 Å². The van der Waals surface area contributed by atoms with Crippen molar-refractivity contribution in [2.75, 3.05) is 5.32 Å². The molecule has 0 aliphatic carbocycles. The van der Waals surface area contributed by atoms with Crippen molar-refractivity contribution in [1.82, 2.24) is 0 Å². The van der Waals surface area contributed by atoms with Crippen molar-refractivity contribution >= 4 is 17.3 Å². The third-order valence-electron chi connectivity index (χ3n) is 1.93. The zero-order valence-corrected chi connectivity index (χ0v) is 8.84. The third kappa shape index (κ3) is 2.59. The molecule has 1 aromatic rings. The molecular formula is C9H3F4N3O3. The van der Waals surface area contributed by atoms with Crippen molar-refractivity contribution in [3.63, 3.8) is 0 Å². The van der Waals surface area contributed by atoms with E-state index in [1.54, 1.807) is 0 Å².